The first-order chi connectivity index (χ1) is 13.5. The number of piperidine rings is 1. The van der Waals surface area contributed by atoms with Gasteiger partial charge in [-0.15, -0.1) is 0 Å². The maximum Gasteiger partial charge on any atom is 0.243 e. The largest absolute Gasteiger partial charge is 0.493 e. The zero-order chi connectivity index (χ0) is 20.1. The minimum Gasteiger partial charge on any atom is -0.493 e. The van der Waals surface area contributed by atoms with Crippen LogP contribution in [0.4, 0.5) is 0 Å². The van der Waals surface area contributed by atoms with Gasteiger partial charge in [-0.25, -0.2) is 8.42 Å². The summed E-state index contributed by atoms with van der Waals surface area (Å²) < 4.78 is 38.1. The zero-order valence-electron chi connectivity index (χ0n) is 16.6. The van der Waals surface area contributed by atoms with Crippen LogP contribution in [0.15, 0.2) is 23.1 Å². The molecule has 1 aliphatic heterocycles. The van der Waals surface area contributed by atoms with E-state index in [1.807, 2.05) is 0 Å². The van der Waals surface area contributed by atoms with E-state index in [9.17, 15) is 13.2 Å². The molecule has 1 aliphatic carbocycles. The third-order valence-corrected chi connectivity index (χ3v) is 7.56. The Kier molecular flexibility index (Phi) is 6.82. The van der Waals surface area contributed by atoms with E-state index < -0.39 is 10.0 Å². The number of ether oxygens (including phenoxy) is 2. The summed E-state index contributed by atoms with van der Waals surface area (Å²) in [6.45, 7) is 0.752. The van der Waals surface area contributed by atoms with Crippen molar-refractivity contribution in [3.63, 3.8) is 0 Å². The van der Waals surface area contributed by atoms with Crippen molar-refractivity contribution >= 4 is 15.9 Å². The van der Waals surface area contributed by atoms with Crippen LogP contribution in [0.25, 0.3) is 0 Å². The third kappa shape index (κ3) is 4.60. The molecule has 0 spiro atoms. The van der Waals surface area contributed by atoms with E-state index in [0.29, 0.717) is 24.6 Å². The van der Waals surface area contributed by atoms with Crippen LogP contribution >= 0.6 is 0 Å². The van der Waals surface area contributed by atoms with Gasteiger partial charge in [-0.2, -0.15) is 4.31 Å². The molecule has 7 nitrogen and oxygen atoms in total. The normalized spacial score (nSPS) is 21.9. The van der Waals surface area contributed by atoms with Gasteiger partial charge in [0.15, 0.2) is 11.5 Å². The van der Waals surface area contributed by atoms with E-state index in [1.165, 1.54) is 37.1 Å². The van der Waals surface area contributed by atoms with Gasteiger partial charge in [0, 0.05) is 31.1 Å². The molecule has 1 heterocycles. The molecular weight excluding hydrogens is 380 g/mol. The SMILES string of the molecule is COc1ccc(S(=O)(=O)N2CCCC(NC(=O)C3CCCCC3)C2)cc1OC. The molecule has 1 unspecified atom stereocenters. The van der Waals surface area contributed by atoms with Crippen molar-refractivity contribution in [1.82, 2.24) is 9.62 Å². The minimum absolute atomic E-state index is 0.0755. The quantitative estimate of drug-likeness (QED) is 0.779. The highest BCUT2D eigenvalue weighted by atomic mass is 32.2. The summed E-state index contributed by atoms with van der Waals surface area (Å²) in [5.41, 5.74) is 0. The minimum atomic E-state index is -3.67. The molecule has 1 N–H and O–H groups in total. The van der Waals surface area contributed by atoms with Gasteiger partial charge in [-0.05, 0) is 37.8 Å². The van der Waals surface area contributed by atoms with E-state index in [-0.39, 0.29) is 22.8 Å². The van der Waals surface area contributed by atoms with E-state index in [1.54, 1.807) is 6.07 Å². The standard InChI is InChI=1S/C20H30N2O5S/c1-26-18-11-10-17(13-19(18)27-2)28(24,25)22-12-6-9-16(14-22)21-20(23)15-7-4-3-5-8-15/h10-11,13,15-16H,3-9,12,14H2,1-2H3,(H,21,23). The molecular formula is C20H30N2O5S. The Bertz CT molecular complexity index is 790. The first kappa shape index (κ1) is 20.9. The summed E-state index contributed by atoms with van der Waals surface area (Å²) in [5.74, 6) is 1.02. The van der Waals surface area contributed by atoms with Gasteiger partial charge in [0.2, 0.25) is 15.9 Å². The smallest absolute Gasteiger partial charge is 0.243 e. The van der Waals surface area contributed by atoms with Gasteiger partial charge in [-0.3, -0.25) is 4.79 Å². The van der Waals surface area contributed by atoms with Crippen LogP contribution in [0, 0.1) is 5.92 Å². The van der Waals surface area contributed by atoms with Crippen LogP contribution in [0.2, 0.25) is 0 Å². The number of amides is 1. The second kappa shape index (κ2) is 9.13. The van der Waals surface area contributed by atoms with Crippen molar-refractivity contribution in [2.45, 2.75) is 55.9 Å². The molecule has 1 amide bonds. The summed E-state index contributed by atoms with van der Waals surface area (Å²) >= 11 is 0. The summed E-state index contributed by atoms with van der Waals surface area (Å²) in [6, 6.07) is 4.47. The van der Waals surface area contributed by atoms with Gasteiger partial charge >= 0.3 is 0 Å². The number of nitrogens with zero attached hydrogens (tertiary/aromatic N) is 1. The second-order valence-corrected chi connectivity index (χ2v) is 9.50. The van der Waals surface area contributed by atoms with Gasteiger partial charge in [-0.1, -0.05) is 19.3 Å². The predicted octanol–water partition coefficient (Wildman–Crippen LogP) is 2.55. The lowest BCUT2D eigenvalue weighted by molar-refractivity contribution is -0.126. The molecule has 28 heavy (non-hydrogen) atoms. The lowest BCUT2D eigenvalue weighted by atomic mass is 9.88. The number of hydrogen-bond acceptors (Lipinski definition) is 5. The Labute approximate surface area is 167 Å². The lowest BCUT2D eigenvalue weighted by Crippen LogP contribution is -2.50. The van der Waals surface area contributed by atoms with Crippen LogP contribution in [0.1, 0.15) is 44.9 Å². The Balaban J connectivity index is 1.69. The highest BCUT2D eigenvalue weighted by Gasteiger charge is 2.32. The molecule has 0 aromatic heterocycles. The van der Waals surface area contributed by atoms with Crippen LogP contribution < -0.4 is 14.8 Å². The van der Waals surface area contributed by atoms with Crippen molar-refractivity contribution in [1.29, 1.82) is 0 Å². The van der Waals surface area contributed by atoms with E-state index in [4.69, 9.17) is 9.47 Å². The Hall–Kier alpha value is -1.80. The summed E-state index contributed by atoms with van der Waals surface area (Å²) in [5, 5.41) is 3.09. The van der Waals surface area contributed by atoms with Crippen LogP contribution in [0.3, 0.4) is 0 Å². The maximum atomic E-state index is 13.1. The molecule has 2 fully saturated rings. The van der Waals surface area contributed by atoms with E-state index >= 15 is 0 Å². The summed E-state index contributed by atoms with van der Waals surface area (Å²) in [4.78, 5) is 12.7. The number of sulfonamides is 1. The molecule has 156 valence electrons. The first-order valence-electron chi connectivity index (χ1n) is 9.98. The monoisotopic (exact) mass is 410 g/mol. The summed E-state index contributed by atoms with van der Waals surface area (Å²) in [6.07, 6.45) is 6.80. The van der Waals surface area contributed by atoms with Gasteiger partial charge < -0.3 is 14.8 Å². The molecule has 2 aliphatic rings. The van der Waals surface area contributed by atoms with Crippen molar-refractivity contribution in [2.75, 3.05) is 27.3 Å². The molecule has 1 aromatic rings. The Morgan fingerprint density at radius 3 is 2.43 bits per heavy atom. The molecule has 1 atom stereocenters. The first-order valence-corrected chi connectivity index (χ1v) is 11.4. The number of benzene rings is 1. The average molecular weight is 411 g/mol. The topological polar surface area (TPSA) is 84.9 Å². The van der Waals surface area contributed by atoms with Crippen molar-refractivity contribution in [3.05, 3.63) is 18.2 Å². The Morgan fingerprint density at radius 2 is 1.75 bits per heavy atom. The van der Waals surface area contributed by atoms with Crippen LogP contribution in [-0.4, -0.2) is 52.0 Å². The predicted molar refractivity (Wildman–Crippen MR) is 106 cm³/mol. The average Bonchev–Trinajstić information content (AvgIpc) is 2.74. The number of nitrogens with one attached hydrogen (secondary N) is 1. The fraction of sp³-hybridized carbons (Fsp3) is 0.650. The molecule has 3 rings (SSSR count). The fourth-order valence-electron chi connectivity index (χ4n) is 4.09. The fourth-order valence-corrected chi connectivity index (χ4v) is 5.63. The zero-order valence-corrected chi connectivity index (χ0v) is 17.5. The van der Waals surface area contributed by atoms with Crippen LogP contribution in [-0.2, 0) is 14.8 Å². The highest BCUT2D eigenvalue weighted by molar-refractivity contribution is 7.89. The van der Waals surface area contributed by atoms with Gasteiger partial charge in [0.25, 0.3) is 0 Å². The molecule has 1 saturated heterocycles. The van der Waals surface area contributed by atoms with Crippen molar-refractivity contribution in [3.8, 4) is 11.5 Å². The van der Waals surface area contributed by atoms with Crippen LogP contribution in [0.5, 0.6) is 11.5 Å². The van der Waals surface area contributed by atoms with E-state index in [2.05, 4.69) is 5.32 Å². The molecule has 1 aromatic carbocycles. The van der Waals surface area contributed by atoms with Gasteiger partial charge in [0.1, 0.15) is 0 Å². The molecule has 0 radical (unpaired) electrons. The van der Waals surface area contributed by atoms with Crippen molar-refractivity contribution < 1.29 is 22.7 Å². The Morgan fingerprint density at radius 1 is 1.04 bits per heavy atom. The molecule has 8 heteroatoms. The number of carbonyl (C=O) groups is 1. The molecule has 0 bridgehead atoms. The third-order valence-electron chi connectivity index (χ3n) is 5.70. The summed E-state index contributed by atoms with van der Waals surface area (Å²) in [7, 11) is -0.678. The number of carbonyl (C=O) groups excluding carboxylic acids is 1. The number of hydrogen-bond donors (Lipinski definition) is 1. The van der Waals surface area contributed by atoms with E-state index in [0.717, 1.165) is 38.5 Å². The van der Waals surface area contributed by atoms with Crippen molar-refractivity contribution in [2.24, 2.45) is 5.92 Å². The number of methoxy groups -OCH3 is 2. The van der Waals surface area contributed by atoms with Gasteiger partial charge in [0.05, 0.1) is 19.1 Å². The lowest BCUT2D eigenvalue weighted by Gasteiger charge is -2.33. The second-order valence-electron chi connectivity index (χ2n) is 7.56. The molecule has 1 saturated carbocycles. The number of rotatable bonds is 6. The maximum absolute atomic E-state index is 13.1. The highest BCUT2D eigenvalue weighted by Crippen LogP contribution is 2.31.